The first-order valence-electron chi connectivity index (χ1n) is 9.09. The third-order valence-electron chi connectivity index (χ3n) is 5.15. The number of aromatic nitrogens is 1. The van der Waals surface area contributed by atoms with Crippen molar-refractivity contribution in [3.05, 3.63) is 34.8 Å². The lowest BCUT2D eigenvalue weighted by atomic mass is 9.85. The summed E-state index contributed by atoms with van der Waals surface area (Å²) in [5.74, 6) is 1.68. The molecule has 4 rings (SSSR count). The fourth-order valence-electron chi connectivity index (χ4n) is 3.94. The van der Waals surface area contributed by atoms with Crippen molar-refractivity contribution in [1.82, 2.24) is 9.88 Å². The SMILES string of the molecule is CN(C)C(c1cnc(NC2(c3ccc4c(c3)OCO4)CC2)s1)C(C)(C)C. The van der Waals surface area contributed by atoms with Gasteiger partial charge in [0.15, 0.2) is 16.6 Å². The molecule has 2 aromatic rings. The van der Waals surface area contributed by atoms with E-state index in [1.165, 1.54) is 10.4 Å². The van der Waals surface area contributed by atoms with Gasteiger partial charge in [-0.15, -0.1) is 11.3 Å². The summed E-state index contributed by atoms with van der Waals surface area (Å²) in [5, 5.41) is 4.69. The third kappa shape index (κ3) is 3.16. The summed E-state index contributed by atoms with van der Waals surface area (Å²) in [6, 6.07) is 6.60. The standard InChI is InChI=1S/C20H27N3O2S/c1-19(2,3)17(23(4)5)16-11-21-18(26-16)22-20(8-9-20)13-6-7-14-15(10-13)25-12-24-14/h6-7,10-11,17H,8-9,12H2,1-5H3,(H,21,22). The monoisotopic (exact) mass is 373 g/mol. The van der Waals surface area contributed by atoms with Gasteiger partial charge in [-0.3, -0.25) is 0 Å². The smallest absolute Gasteiger partial charge is 0.231 e. The Morgan fingerprint density at radius 1 is 1.19 bits per heavy atom. The van der Waals surface area contributed by atoms with E-state index in [9.17, 15) is 0 Å². The van der Waals surface area contributed by atoms with E-state index in [1.54, 1.807) is 11.3 Å². The summed E-state index contributed by atoms with van der Waals surface area (Å²) in [7, 11) is 4.27. The number of fused-ring (bicyclic) bond motifs is 1. The van der Waals surface area contributed by atoms with Crippen molar-refractivity contribution < 1.29 is 9.47 Å². The topological polar surface area (TPSA) is 46.6 Å². The number of benzene rings is 1. The summed E-state index contributed by atoms with van der Waals surface area (Å²) in [4.78, 5) is 8.26. The molecule has 5 nitrogen and oxygen atoms in total. The second-order valence-corrected chi connectivity index (χ2v) is 9.64. The van der Waals surface area contributed by atoms with Gasteiger partial charge in [-0.1, -0.05) is 26.8 Å². The Hall–Kier alpha value is -1.79. The molecule has 1 aliphatic heterocycles. The largest absolute Gasteiger partial charge is 0.454 e. The van der Waals surface area contributed by atoms with Crippen molar-refractivity contribution in [1.29, 1.82) is 0 Å². The predicted molar refractivity (Wildman–Crippen MR) is 105 cm³/mol. The molecule has 1 unspecified atom stereocenters. The molecule has 0 bridgehead atoms. The molecule has 0 spiro atoms. The highest BCUT2D eigenvalue weighted by atomic mass is 32.1. The van der Waals surface area contributed by atoms with Crippen LogP contribution in [0.25, 0.3) is 0 Å². The molecule has 6 heteroatoms. The first-order valence-corrected chi connectivity index (χ1v) is 9.91. The van der Waals surface area contributed by atoms with Crippen molar-refractivity contribution in [3.63, 3.8) is 0 Å². The Labute approximate surface area is 159 Å². The predicted octanol–water partition coefficient (Wildman–Crippen LogP) is 4.62. The molecule has 140 valence electrons. The molecule has 1 aromatic heterocycles. The van der Waals surface area contributed by atoms with Gasteiger partial charge in [0.1, 0.15) is 0 Å². The number of nitrogens with zero attached hydrogens (tertiary/aromatic N) is 2. The highest BCUT2D eigenvalue weighted by Gasteiger charge is 2.45. The fourth-order valence-corrected chi connectivity index (χ4v) is 5.29. The van der Waals surface area contributed by atoms with Gasteiger partial charge in [-0.05, 0) is 50.0 Å². The highest BCUT2D eigenvalue weighted by molar-refractivity contribution is 7.15. The Kier molecular flexibility index (Phi) is 4.15. The Morgan fingerprint density at radius 2 is 1.92 bits per heavy atom. The van der Waals surface area contributed by atoms with E-state index in [0.29, 0.717) is 12.8 Å². The maximum absolute atomic E-state index is 5.54. The van der Waals surface area contributed by atoms with Gasteiger partial charge in [0.2, 0.25) is 6.79 Å². The molecule has 1 aromatic carbocycles. The molecule has 1 saturated carbocycles. The summed E-state index contributed by atoms with van der Waals surface area (Å²) < 4.78 is 11.0. The van der Waals surface area contributed by atoms with E-state index >= 15 is 0 Å². The van der Waals surface area contributed by atoms with Crippen molar-refractivity contribution in [3.8, 4) is 11.5 Å². The van der Waals surface area contributed by atoms with Crippen molar-refractivity contribution >= 4 is 16.5 Å². The molecule has 0 amide bonds. The third-order valence-corrected chi connectivity index (χ3v) is 6.12. The lowest BCUT2D eigenvalue weighted by Crippen LogP contribution is -2.30. The van der Waals surface area contributed by atoms with Crippen LogP contribution in [0.1, 0.15) is 50.1 Å². The Morgan fingerprint density at radius 3 is 2.58 bits per heavy atom. The number of hydrogen-bond acceptors (Lipinski definition) is 6. The van der Waals surface area contributed by atoms with Crippen LogP contribution in [0.5, 0.6) is 11.5 Å². The van der Waals surface area contributed by atoms with Crippen LogP contribution in [0, 0.1) is 5.41 Å². The van der Waals surface area contributed by atoms with Crippen LogP contribution < -0.4 is 14.8 Å². The number of ether oxygens (including phenoxy) is 2. The quantitative estimate of drug-likeness (QED) is 0.828. The summed E-state index contributed by atoms with van der Waals surface area (Å²) in [5.41, 5.74) is 1.38. The molecular formula is C20H27N3O2S. The zero-order valence-electron chi connectivity index (χ0n) is 16.1. The van der Waals surface area contributed by atoms with Crippen LogP contribution in [0.4, 0.5) is 5.13 Å². The van der Waals surface area contributed by atoms with Gasteiger partial charge in [-0.2, -0.15) is 0 Å². The number of rotatable bonds is 5. The van der Waals surface area contributed by atoms with Crippen LogP contribution in [-0.2, 0) is 5.54 Å². The maximum Gasteiger partial charge on any atom is 0.231 e. The average Bonchev–Trinajstić information content (AvgIpc) is 2.97. The van der Waals surface area contributed by atoms with Crippen LogP contribution in [0.3, 0.4) is 0 Å². The number of nitrogens with one attached hydrogen (secondary N) is 1. The molecule has 26 heavy (non-hydrogen) atoms. The van der Waals surface area contributed by atoms with Crippen molar-refractivity contribution in [2.75, 3.05) is 26.2 Å². The molecule has 2 aliphatic rings. The van der Waals surface area contributed by atoms with Crippen LogP contribution in [0.15, 0.2) is 24.4 Å². The zero-order chi connectivity index (χ0) is 18.5. The normalized spacial score (nSPS) is 18.8. The average molecular weight is 374 g/mol. The van der Waals surface area contributed by atoms with E-state index in [4.69, 9.17) is 9.47 Å². The van der Waals surface area contributed by atoms with E-state index < -0.39 is 0 Å². The van der Waals surface area contributed by atoms with Crippen molar-refractivity contribution in [2.45, 2.75) is 45.2 Å². The van der Waals surface area contributed by atoms with Crippen LogP contribution in [-0.4, -0.2) is 30.8 Å². The minimum Gasteiger partial charge on any atom is -0.454 e. The number of anilines is 1. The van der Waals surface area contributed by atoms with E-state index in [-0.39, 0.29) is 11.0 Å². The summed E-state index contributed by atoms with van der Waals surface area (Å²) in [6.07, 6.45) is 4.24. The molecule has 0 saturated heterocycles. The maximum atomic E-state index is 5.54. The fraction of sp³-hybridized carbons (Fsp3) is 0.550. The van der Waals surface area contributed by atoms with Gasteiger partial charge >= 0.3 is 0 Å². The van der Waals surface area contributed by atoms with Gasteiger partial charge in [0.25, 0.3) is 0 Å². The van der Waals surface area contributed by atoms with E-state index in [0.717, 1.165) is 29.5 Å². The highest BCUT2D eigenvalue weighted by Crippen LogP contribution is 2.51. The summed E-state index contributed by atoms with van der Waals surface area (Å²) in [6.45, 7) is 7.15. The second kappa shape index (κ2) is 6.13. The first kappa shape index (κ1) is 17.6. The molecule has 1 aliphatic carbocycles. The van der Waals surface area contributed by atoms with Gasteiger partial charge in [-0.25, -0.2) is 4.98 Å². The van der Waals surface area contributed by atoms with Gasteiger partial charge in [0.05, 0.1) is 11.6 Å². The zero-order valence-corrected chi connectivity index (χ0v) is 16.9. The Balaban J connectivity index is 1.56. The van der Waals surface area contributed by atoms with Crippen LogP contribution >= 0.6 is 11.3 Å². The molecule has 1 N–H and O–H groups in total. The Bertz CT molecular complexity index is 806. The van der Waals surface area contributed by atoms with Gasteiger partial charge < -0.3 is 19.7 Å². The second-order valence-electron chi connectivity index (χ2n) is 8.58. The van der Waals surface area contributed by atoms with Crippen LogP contribution in [0.2, 0.25) is 0 Å². The van der Waals surface area contributed by atoms with E-state index in [1.807, 2.05) is 12.3 Å². The first-order chi connectivity index (χ1) is 12.3. The van der Waals surface area contributed by atoms with Gasteiger partial charge in [0, 0.05) is 11.1 Å². The van der Waals surface area contributed by atoms with Crippen molar-refractivity contribution in [2.24, 2.45) is 5.41 Å². The minimum atomic E-state index is -0.0224. The van der Waals surface area contributed by atoms with E-state index in [2.05, 4.69) is 62.2 Å². The summed E-state index contributed by atoms with van der Waals surface area (Å²) >= 11 is 1.76. The molecular weight excluding hydrogens is 346 g/mol. The minimum absolute atomic E-state index is 0.0224. The molecule has 2 heterocycles. The number of thiazole rings is 1. The molecule has 1 atom stereocenters. The lowest BCUT2D eigenvalue weighted by Gasteiger charge is -2.35. The number of hydrogen-bond donors (Lipinski definition) is 1. The lowest BCUT2D eigenvalue weighted by molar-refractivity contribution is 0.157. The molecule has 1 fully saturated rings. The molecule has 0 radical (unpaired) electrons.